The number of hydrogen-bond acceptors (Lipinski definition) is 3. The number of sulfonamides is 1. The van der Waals surface area contributed by atoms with Crippen LogP contribution in [0.25, 0.3) is 0 Å². The van der Waals surface area contributed by atoms with Crippen LogP contribution in [0.15, 0.2) is 53.4 Å². The van der Waals surface area contributed by atoms with Crippen molar-refractivity contribution in [1.29, 1.82) is 0 Å². The average Bonchev–Trinajstić information content (AvgIpc) is 2.73. The lowest BCUT2D eigenvalue weighted by molar-refractivity contribution is -0.137. The minimum Gasteiger partial charge on any atom is -0.481 e. The molecular formula is C24H32ClNO4S. The van der Waals surface area contributed by atoms with E-state index in [1.54, 1.807) is 12.1 Å². The third-order valence-electron chi connectivity index (χ3n) is 5.26. The van der Waals surface area contributed by atoms with Crippen molar-refractivity contribution in [3.63, 3.8) is 0 Å². The van der Waals surface area contributed by atoms with Gasteiger partial charge in [0.05, 0.1) is 4.90 Å². The summed E-state index contributed by atoms with van der Waals surface area (Å²) in [6, 6.07) is 13.6. The van der Waals surface area contributed by atoms with Crippen molar-refractivity contribution in [2.75, 3.05) is 0 Å². The normalized spacial score (nSPS) is 12.6. The Kier molecular flexibility index (Phi) is 10.5. The lowest BCUT2D eigenvalue weighted by Crippen LogP contribution is -2.28. The molecule has 0 heterocycles. The Hall–Kier alpha value is -1.89. The number of benzene rings is 2. The summed E-state index contributed by atoms with van der Waals surface area (Å²) >= 11 is 5.89. The van der Waals surface area contributed by atoms with Crippen molar-refractivity contribution >= 4 is 27.6 Å². The summed E-state index contributed by atoms with van der Waals surface area (Å²) in [6.45, 7) is 2.17. The van der Waals surface area contributed by atoms with E-state index >= 15 is 0 Å². The number of carboxylic acids is 1. The maximum Gasteiger partial charge on any atom is 0.303 e. The van der Waals surface area contributed by atoms with Crippen LogP contribution in [-0.4, -0.2) is 19.5 Å². The van der Waals surface area contributed by atoms with Crippen molar-refractivity contribution < 1.29 is 18.3 Å². The summed E-state index contributed by atoms with van der Waals surface area (Å²) in [7, 11) is -3.68. The molecule has 0 radical (unpaired) electrons. The van der Waals surface area contributed by atoms with Crippen LogP contribution in [0, 0.1) is 0 Å². The van der Waals surface area contributed by atoms with E-state index in [0.29, 0.717) is 17.9 Å². The first-order valence-electron chi connectivity index (χ1n) is 10.9. The van der Waals surface area contributed by atoms with Gasteiger partial charge in [0.25, 0.3) is 0 Å². The number of carbonyl (C=O) groups is 1. The number of unbranched alkanes of at least 4 members (excludes halogenated alkanes) is 4. The molecule has 0 saturated carbocycles. The first-order chi connectivity index (χ1) is 14.8. The lowest BCUT2D eigenvalue weighted by atomic mass is 9.98. The Balaban J connectivity index is 2.11. The third-order valence-corrected chi connectivity index (χ3v) is 7.00. The molecule has 1 atom stereocenters. The third kappa shape index (κ3) is 9.01. The van der Waals surface area contributed by atoms with E-state index < -0.39 is 16.0 Å². The van der Waals surface area contributed by atoms with Crippen LogP contribution in [0.3, 0.4) is 0 Å². The minimum absolute atomic E-state index is 0.142. The van der Waals surface area contributed by atoms with Gasteiger partial charge in [-0.25, -0.2) is 13.1 Å². The van der Waals surface area contributed by atoms with E-state index in [0.717, 1.165) is 43.2 Å². The highest BCUT2D eigenvalue weighted by Gasteiger charge is 2.21. The maximum atomic E-state index is 12.9. The van der Waals surface area contributed by atoms with Gasteiger partial charge >= 0.3 is 5.97 Å². The summed E-state index contributed by atoms with van der Waals surface area (Å²) < 4.78 is 28.7. The van der Waals surface area contributed by atoms with Crippen LogP contribution >= 0.6 is 11.6 Å². The highest BCUT2D eigenvalue weighted by atomic mass is 35.5. The molecule has 0 aromatic heterocycles. The number of aliphatic carboxylic acids is 1. The molecule has 0 amide bonds. The number of carboxylic acid groups (broad SMARTS) is 1. The molecule has 2 N–H and O–H groups in total. The zero-order valence-electron chi connectivity index (χ0n) is 18.0. The van der Waals surface area contributed by atoms with Gasteiger partial charge in [-0.2, -0.15) is 0 Å². The largest absolute Gasteiger partial charge is 0.481 e. The molecule has 0 aliphatic heterocycles. The Bertz CT molecular complexity index is 912. The van der Waals surface area contributed by atoms with E-state index in [2.05, 4.69) is 11.6 Å². The van der Waals surface area contributed by atoms with E-state index in [-0.39, 0.29) is 17.4 Å². The van der Waals surface area contributed by atoms with Crippen LogP contribution in [0.2, 0.25) is 5.02 Å². The molecule has 5 nitrogen and oxygen atoms in total. The monoisotopic (exact) mass is 465 g/mol. The highest BCUT2D eigenvalue weighted by molar-refractivity contribution is 7.89. The van der Waals surface area contributed by atoms with Crippen LogP contribution in [0.1, 0.15) is 75.5 Å². The van der Waals surface area contributed by atoms with E-state index in [1.165, 1.54) is 18.6 Å². The Morgan fingerprint density at radius 1 is 0.968 bits per heavy atom. The minimum atomic E-state index is -3.68. The van der Waals surface area contributed by atoms with Crippen LogP contribution in [0.5, 0.6) is 0 Å². The van der Waals surface area contributed by atoms with Gasteiger partial charge < -0.3 is 5.11 Å². The standard InChI is InChI=1S/C24H32ClNO4S/c1-2-3-4-5-6-9-23(26-31(29,30)22-17-15-21(25)16-18-22)20-13-11-19(12-14-20)8-7-10-24(27)28/h11-18,23,26H,2-10H2,1H3,(H,27,28). The topological polar surface area (TPSA) is 83.5 Å². The number of aryl methyl sites for hydroxylation is 1. The van der Waals surface area contributed by atoms with E-state index in [4.69, 9.17) is 16.7 Å². The summed E-state index contributed by atoms with van der Waals surface area (Å²) in [6.07, 6.45) is 7.63. The summed E-state index contributed by atoms with van der Waals surface area (Å²) in [5.41, 5.74) is 1.96. The molecule has 170 valence electrons. The van der Waals surface area contributed by atoms with Crippen molar-refractivity contribution in [1.82, 2.24) is 4.72 Å². The van der Waals surface area contributed by atoms with Crippen LogP contribution < -0.4 is 4.72 Å². The molecule has 2 aromatic carbocycles. The molecule has 2 rings (SSSR count). The predicted molar refractivity (Wildman–Crippen MR) is 125 cm³/mol. The Labute approximate surface area is 190 Å². The zero-order chi connectivity index (χ0) is 22.7. The quantitative estimate of drug-likeness (QED) is 0.329. The number of hydrogen-bond donors (Lipinski definition) is 2. The fourth-order valence-electron chi connectivity index (χ4n) is 3.48. The highest BCUT2D eigenvalue weighted by Crippen LogP contribution is 2.25. The molecule has 31 heavy (non-hydrogen) atoms. The first-order valence-corrected chi connectivity index (χ1v) is 12.8. The second-order valence-corrected chi connectivity index (χ2v) is 9.97. The molecule has 2 aromatic rings. The summed E-state index contributed by atoms with van der Waals surface area (Å²) in [5.74, 6) is -0.795. The fraction of sp³-hybridized carbons (Fsp3) is 0.458. The van der Waals surface area contributed by atoms with Gasteiger partial charge in [0.2, 0.25) is 10.0 Å². The molecule has 7 heteroatoms. The lowest BCUT2D eigenvalue weighted by Gasteiger charge is -2.20. The molecule has 0 fully saturated rings. The van der Waals surface area contributed by atoms with Gasteiger partial charge in [-0.1, -0.05) is 74.9 Å². The Morgan fingerprint density at radius 2 is 1.61 bits per heavy atom. The smallest absolute Gasteiger partial charge is 0.303 e. The number of halogens is 1. The SMILES string of the molecule is CCCCCCCC(NS(=O)(=O)c1ccc(Cl)cc1)c1ccc(CCCC(=O)O)cc1. The van der Waals surface area contributed by atoms with Crippen LogP contribution in [-0.2, 0) is 21.2 Å². The molecule has 0 saturated heterocycles. The second-order valence-electron chi connectivity index (χ2n) is 7.82. The van der Waals surface area contributed by atoms with Gasteiger partial charge in [-0.05, 0) is 54.7 Å². The van der Waals surface area contributed by atoms with Gasteiger partial charge in [0, 0.05) is 17.5 Å². The van der Waals surface area contributed by atoms with Gasteiger partial charge in [-0.15, -0.1) is 0 Å². The van der Waals surface area contributed by atoms with E-state index in [9.17, 15) is 13.2 Å². The molecule has 0 aliphatic rings. The maximum absolute atomic E-state index is 12.9. The zero-order valence-corrected chi connectivity index (χ0v) is 19.6. The number of rotatable bonds is 14. The van der Waals surface area contributed by atoms with Gasteiger partial charge in [0.15, 0.2) is 0 Å². The first kappa shape index (κ1) is 25.4. The average molecular weight is 466 g/mol. The molecular weight excluding hydrogens is 434 g/mol. The predicted octanol–water partition coefficient (Wildman–Crippen LogP) is 6.13. The van der Waals surface area contributed by atoms with Crippen molar-refractivity contribution in [3.05, 3.63) is 64.7 Å². The van der Waals surface area contributed by atoms with Crippen molar-refractivity contribution in [2.45, 2.75) is 75.6 Å². The molecule has 0 aliphatic carbocycles. The second kappa shape index (κ2) is 12.8. The van der Waals surface area contributed by atoms with Crippen molar-refractivity contribution in [2.24, 2.45) is 0 Å². The Morgan fingerprint density at radius 3 is 2.23 bits per heavy atom. The molecule has 0 spiro atoms. The van der Waals surface area contributed by atoms with E-state index in [1.807, 2.05) is 24.3 Å². The summed E-state index contributed by atoms with van der Waals surface area (Å²) in [5, 5.41) is 9.28. The van der Waals surface area contributed by atoms with Gasteiger partial charge in [-0.3, -0.25) is 4.79 Å². The molecule has 0 bridgehead atoms. The summed E-state index contributed by atoms with van der Waals surface area (Å²) in [4.78, 5) is 10.9. The van der Waals surface area contributed by atoms with Crippen LogP contribution in [0.4, 0.5) is 0 Å². The van der Waals surface area contributed by atoms with Crippen molar-refractivity contribution in [3.8, 4) is 0 Å². The number of nitrogens with one attached hydrogen (secondary N) is 1. The fourth-order valence-corrected chi connectivity index (χ4v) is 4.86. The molecule has 1 unspecified atom stereocenters. The van der Waals surface area contributed by atoms with Gasteiger partial charge in [0.1, 0.15) is 0 Å².